The number of nitrogens with zero attached hydrogens (tertiary/aromatic N) is 1. The molecule has 1 heterocycles. The Kier molecular flexibility index (Phi) is 2.41. The molecule has 1 aromatic rings. The third kappa shape index (κ3) is 1.67. The molecule has 0 fully saturated rings. The fourth-order valence-corrected chi connectivity index (χ4v) is 1.85. The van der Waals surface area contributed by atoms with Crippen LogP contribution in [0.2, 0.25) is 0 Å². The van der Waals surface area contributed by atoms with E-state index >= 15 is 0 Å². The Morgan fingerprint density at radius 1 is 1.64 bits per heavy atom. The first-order valence-corrected chi connectivity index (χ1v) is 4.61. The van der Waals surface area contributed by atoms with Gasteiger partial charge in [-0.25, -0.2) is 0 Å². The quantitative estimate of drug-likeness (QED) is 0.477. The fraction of sp³-hybridized carbons (Fsp3) is 0. The molecule has 0 unspecified atom stereocenters. The predicted molar refractivity (Wildman–Crippen MR) is 43.0 cm³/mol. The van der Waals surface area contributed by atoms with Gasteiger partial charge in [0.05, 0.1) is 4.88 Å². The van der Waals surface area contributed by atoms with Crippen molar-refractivity contribution in [2.45, 2.75) is 0 Å². The van der Waals surface area contributed by atoms with Crippen LogP contribution in [0.5, 0.6) is 0 Å². The van der Waals surface area contributed by atoms with E-state index in [2.05, 4.69) is 0 Å². The minimum Gasteiger partial charge on any atom is -0.191 e. The molecule has 0 aliphatic carbocycles. The first-order valence-electron chi connectivity index (χ1n) is 2.66. The minimum atomic E-state index is -2.42. The number of hydrogen-bond acceptors (Lipinski definition) is 4. The number of hydrogen-bond donors (Lipinski definition) is 0. The van der Waals surface area contributed by atoms with Crippen LogP contribution in [0.15, 0.2) is 17.5 Å². The van der Waals surface area contributed by atoms with E-state index in [1.807, 2.05) is 0 Å². The van der Waals surface area contributed by atoms with Crippen molar-refractivity contribution >= 4 is 26.5 Å². The van der Waals surface area contributed by atoms with Crippen LogP contribution in [0.3, 0.4) is 0 Å². The van der Waals surface area contributed by atoms with Crippen LogP contribution in [0, 0.1) is 11.3 Å². The van der Waals surface area contributed by atoms with Gasteiger partial charge in [0.2, 0.25) is 10.3 Å². The van der Waals surface area contributed by atoms with Crippen LogP contribution < -0.4 is 0 Å². The van der Waals surface area contributed by atoms with Crippen molar-refractivity contribution in [2.24, 2.45) is 0 Å². The van der Waals surface area contributed by atoms with E-state index in [1.165, 1.54) is 11.3 Å². The van der Waals surface area contributed by atoms with E-state index in [-0.39, 0.29) is 4.86 Å². The maximum atomic E-state index is 10.4. The molecule has 0 atom stereocenters. The third-order valence-corrected chi connectivity index (χ3v) is 2.67. The highest BCUT2D eigenvalue weighted by atomic mass is 32.2. The van der Waals surface area contributed by atoms with Crippen molar-refractivity contribution in [3.8, 4) is 6.07 Å². The summed E-state index contributed by atoms with van der Waals surface area (Å²) in [5.74, 6) is 0. The maximum Gasteiger partial charge on any atom is 0.233 e. The van der Waals surface area contributed by atoms with Crippen LogP contribution in [-0.4, -0.2) is 13.3 Å². The smallest absolute Gasteiger partial charge is 0.191 e. The molecule has 56 valence electrons. The van der Waals surface area contributed by atoms with Gasteiger partial charge in [0.1, 0.15) is 6.07 Å². The predicted octanol–water partition coefficient (Wildman–Crippen LogP) is 0.671. The monoisotopic (exact) mass is 185 g/mol. The molecule has 0 aromatic carbocycles. The second kappa shape index (κ2) is 3.32. The zero-order chi connectivity index (χ0) is 8.27. The molecule has 0 aliphatic heterocycles. The van der Waals surface area contributed by atoms with Crippen LogP contribution in [0.1, 0.15) is 4.88 Å². The fourth-order valence-electron chi connectivity index (χ4n) is 0.582. The van der Waals surface area contributed by atoms with E-state index in [1.54, 1.807) is 23.6 Å². The van der Waals surface area contributed by atoms with Crippen molar-refractivity contribution in [1.82, 2.24) is 0 Å². The molecule has 3 nitrogen and oxygen atoms in total. The Hall–Kier alpha value is -1.12. The third-order valence-electron chi connectivity index (χ3n) is 1.01. The molecule has 1 rings (SSSR count). The van der Waals surface area contributed by atoms with Crippen LogP contribution >= 0.6 is 11.3 Å². The minimum absolute atomic E-state index is 0.194. The summed E-state index contributed by atoms with van der Waals surface area (Å²) in [4.78, 5) is 0.292. The van der Waals surface area contributed by atoms with Gasteiger partial charge in [-0.1, -0.05) is 6.07 Å². The van der Waals surface area contributed by atoms with Crippen LogP contribution in [0.25, 0.3) is 0 Å². The van der Waals surface area contributed by atoms with Crippen molar-refractivity contribution in [3.63, 3.8) is 0 Å². The van der Waals surface area contributed by atoms with E-state index < -0.39 is 10.3 Å². The molecule has 0 aliphatic rings. The van der Waals surface area contributed by atoms with Crippen molar-refractivity contribution < 1.29 is 8.42 Å². The first kappa shape index (κ1) is 7.98. The summed E-state index contributed by atoms with van der Waals surface area (Å²) >= 11 is 1.23. The highest BCUT2D eigenvalue weighted by molar-refractivity contribution is 7.74. The molecule has 0 N–H and O–H groups in total. The lowest BCUT2D eigenvalue weighted by molar-refractivity contribution is 0.627. The molecule has 1 aromatic heterocycles. The second-order valence-corrected chi connectivity index (χ2v) is 3.48. The zero-order valence-corrected chi connectivity index (χ0v) is 6.95. The van der Waals surface area contributed by atoms with Gasteiger partial charge in [0, 0.05) is 0 Å². The van der Waals surface area contributed by atoms with E-state index in [0.717, 1.165) is 0 Å². The lowest BCUT2D eigenvalue weighted by Crippen LogP contribution is -1.93. The van der Waals surface area contributed by atoms with Crippen molar-refractivity contribution in [3.05, 3.63) is 22.4 Å². The molecule has 5 heteroatoms. The van der Waals surface area contributed by atoms with Gasteiger partial charge >= 0.3 is 0 Å². The SMILES string of the molecule is N#CC(c1cccs1)=S(=O)=O. The van der Waals surface area contributed by atoms with Gasteiger partial charge in [0.15, 0.2) is 4.86 Å². The number of rotatable bonds is 1. The van der Waals surface area contributed by atoms with Crippen LogP contribution in [-0.2, 0) is 10.3 Å². The molecular formula is C6H3NO2S2. The van der Waals surface area contributed by atoms with E-state index in [0.29, 0.717) is 4.88 Å². The molecule has 0 saturated heterocycles. The lowest BCUT2D eigenvalue weighted by Gasteiger charge is -1.80. The highest BCUT2D eigenvalue weighted by Gasteiger charge is 2.03. The molecule has 0 amide bonds. The highest BCUT2D eigenvalue weighted by Crippen LogP contribution is 2.08. The van der Waals surface area contributed by atoms with Gasteiger partial charge in [-0.3, -0.25) is 0 Å². The molecule has 11 heavy (non-hydrogen) atoms. The van der Waals surface area contributed by atoms with Gasteiger partial charge in [0.25, 0.3) is 0 Å². The lowest BCUT2D eigenvalue weighted by atomic mass is 10.4. The zero-order valence-electron chi connectivity index (χ0n) is 5.31. The van der Waals surface area contributed by atoms with Crippen molar-refractivity contribution in [1.29, 1.82) is 5.26 Å². The molecule has 0 bridgehead atoms. The summed E-state index contributed by atoms with van der Waals surface area (Å²) in [5.41, 5.74) is 0. The van der Waals surface area contributed by atoms with Gasteiger partial charge in [-0.05, 0) is 11.4 Å². The molecule has 0 saturated carbocycles. The Labute approximate surface area is 69.1 Å². The number of thiophene rings is 1. The van der Waals surface area contributed by atoms with E-state index in [9.17, 15) is 8.42 Å². The Bertz CT molecular complexity index is 400. The summed E-state index contributed by atoms with van der Waals surface area (Å²) in [7, 11) is -2.42. The topological polar surface area (TPSA) is 57.9 Å². The Morgan fingerprint density at radius 2 is 2.36 bits per heavy atom. The van der Waals surface area contributed by atoms with E-state index in [4.69, 9.17) is 5.26 Å². The maximum absolute atomic E-state index is 10.4. The largest absolute Gasteiger partial charge is 0.233 e. The normalized spacial score (nSPS) is 8.64. The van der Waals surface area contributed by atoms with Gasteiger partial charge < -0.3 is 0 Å². The van der Waals surface area contributed by atoms with Crippen LogP contribution in [0.4, 0.5) is 0 Å². The van der Waals surface area contributed by atoms with Gasteiger partial charge in [-0.2, -0.15) is 13.7 Å². The van der Waals surface area contributed by atoms with Gasteiger partial charge in [-0.15, -0.1) is 11.3 Å². The number of nitriles is 1. The standard InChI is InChI=1S/C6H3NO2S2/c7-4-6(11(8)9)5-2-1-3-10-5/h1-3H. The summed E-state index contributed by atoms with van der Waals surface area (Å²) in [6.07, 6.45) is 0. The Balaban J connectivity index is 3.35. The van der Waals surface area contributed by atoms with Crippen molar-refractivity contribution in [2.75, 3.05) is 0 Å². The average Bonchev–Trinajstić information content (AvgIpc) is 2.40. The summed E-state index contributed by atoms with van der Waals surface area (Å²) in [6, 6.07) is 4.91. The molecule has 0 spiro atoms. The Morgan fingerprint density at radius 3 is 2.73 bits per heavy atom. The summed E-state index contributed by atoms with van der Waals surface area (Å²) < 4.78 is 20.8. The summed E-state index contributed by atoms with van der Waals surface area (Å²) in [6.45, 7) is 0. The first-order chi connectivity index (χ1) is 5.25. The molecular weight excluding hydrogens is 182 g/mol. The summed E-state index contributed by atoms with van der Waals surface area (Å²) in [5, 5.41) is 10.1. The molecule has 0 radical (unpaired) electrons. The average molecular weight is 185 g/mol. The second-order valence-electron chi connectivity index (χ2n) is 1.65.